The highest BCUT2D eigenvalue weighted by molar-refractivity contribution is 6.99. The zero-order chi connectivity index (χ0) is 39.1. The number of carbonyl (C=O) groups is 2. The van der Waals surface area contributed by atoms with Crippen molar-refractivity contribution >= 4 is 59.6 Å². The Kier molecular flexibility index (Phi) is 10.7. The summed E-state index contributed by atoms with van der Waals surface area (Å²) in [6.07, 6.45) is 3.34. The molecule has 2 saturated heterocycles. The van der Waals surface area contributed by atoms with Crippen LogP contribution in [0, 0.1) is 27.9 Å². The van der Waals surface area contributed by atoms with Crippen molar-refractivity contribution in [2.75, 3.05) is 18.1 Å². The van der Waals surface area contributed by atoms with Crippen molar-refractivity contribution < 1.29 is 28.8 Å². The van der Waals surface area contributed by atoms with E-state index in [0.717, 1.165) is 37.6 Å². The number of imide groups is 1. The Morgan fingerprint density at radius 1 is 0.964 bits per heavy atom. The Morgan fingerprint density at radius 2 is 1.64 bits per heavy atom. The van der Waals surface area contributed by atoms with E-state index in [1.807, 2.05) is 49.4 Å². The molecule has 0 unspecified atom stereocenters. The van der Waals surface area contributed by atoms with Crippen LogP contribution in [0.1, 0.15) is 52.5 Å². The molecule has 2 heterocycles. The van der Waals surface area contributed by atoms with E-state index in [-0.39, 0.29) is 59.2 Å². The summed E-state index contributed by atoms with van der Waals surface area (Å²) in [7, 11) is -2.98. The molecule has 0 saturated carbocycles. The number of nitro groups is 1. The van der Waals surface area contributed by atoms with Gasteiger partial charge in [0, 0.05) is 18.1 Å². The van der Waals surface area contributed by atoms with Gasteiger partial charge in [0.05, 0.1) is 46.8 Å². The molecule has 0 spiro atoms. The van der Waals surface area contributed by atoms with Gasteiger partial charge in [-0.05, 0) is 82.6 Å². The van der Waals surface area contributed by atoms with Gasteiger partial charge in [0.15, 0.2) is 0 Å². The molecular formula is C44H45ClN2O7Si. The number of nitrogens with zero attached hydrogens (tertiary/aromatic N) is 2. The van der Waals surface area contributed by atoms with Gasteiger partial charge in [-0.25, -0.2) is 4.90 Å². The zero-order valence-corrected chi connectivity index (χ0v) is 33.2. The Morgan fingerprint density at radius 3 is 2.25 bits per heavy atom. The van der Waals surface area contributed by atoms with Gasteiger partial charge in [0.25, 0.3) is 14.0 Å². The highest BCUT2D eigenvalue weighted by Gasteiger charge is 2.58. The molecule has 4 atom stereocenters. The van der Waals surface area contributed by atoms with E-state index in [0.29, 0.717) is 24.3 Å². The van der Waals surface area contributed by atoms with Gasteiger partial charge < -0.3 is 14.3 Å². The third kappa shape index (κ3) is 7.20. The number of phenolic OH excluding ortho intramolecular Hbond substituents is 1. The van der Waals surface area contributed by atoms with Crippen molar-refractivity contribution in [3.05, 3.63) is 141 Å². The number of amides is 2. The predicted octanol–water partition coefficient (Wildman–Crippen LogP) is 8.24. The lowest BCUT2D eigenvalue weighted by molar-refractivity contribution is -0.384. The molecule has 3 aliphatic rings. The summed E-state index contributed by atoms with van der Waals surface area (Å²) in [5.41, 5.74) is 3.89. The fourth-order valence-electron chi connectivity index (χ4n) is 8.89. The molecule has 4 aromatic rings. The van der Waals surface area contributed by atoms with Gasteiger partial charge in [-0.3, -0.25) is 19.7 Å². The van der Waals surface area contributed by atoms with Gasteiger partial charge in [-0.2, -0.15) is 0 Å². The van der Waals surface area contributed by atoms with Gasteiger partial charge in [-0.15, -0.1) is 0 Å². The second kappa shape index (κ2) is 15.3. The minimum absolute atomic E-state index is 0.101. The van der Waals surface area contributed by atoms with E-state index in [1.54, 1.807) is 18.2 Å². The SMILES string of the molecule is C/C(=C\c1ccc(O)cc1Cl)CC[C@H]1OC[C@H]2C1=C(CO[Si](c1ccccc1)(c1ccccc1)C(C)(C)C)C[C@H]1C(=O)N(c3cccc([N+](=O)[O-])c3)C(=O)[C@H]12. The molecule has 9 nitrogen and oxygen atoms in total. The number of benzene rings is 4. The molecule has 0 radical (unpaired) electrons. The van der Waals surface area contributed by atoms with Crippen LogP contribution in [0.5, 0.6) is 5.75 Å². The summed E-state index contributed by atoms with van der Waals surface area (Å²) in [5.74, 6) is -2.27. The maximum atomic E-state index is 14.3. The van der Waals surface area contributed by atoms with Crippen LogP contribution in [0.15, 0.2) is 120 Å². The van der Waals surface area contributed by atoms with Gasteiger partial charge in [0.1, 0.15) is 5.75 Å². The Bertz CT molecular complexity index is 2140. The normalized spacial score (nSPS) is 21.5. The number of anilines is 1. The highest BCUT2D eigenvalue weighted by Crippen LogP contribution is 2.51. The largest absolute Gasteiger partial charge is 0.508 e. The smallest absolute Gasteiger partial charge is 0.271 e. The van der Waals surface area contributed by atoms with Crippen LogP contribution >= 0.6 is 11.6 Å². The van der Waals surface area contributed by atoms with Crippen LogP contribution in [0.4, 0.5) is 11.4 Å². The number of phenols is 1. The number of rotatable bonds is 11. The fourth-order valence-corrected chi connectivity index (χ4v) is 13.7. The van der Waals surface area contributed by atoms with Crippen molar-refractivity contribution in [3.63, 3.8) is 0 Å². The number of halogens is 1. The van der Waals surface area contributed by atoms with Gasteiger partial charge in [0.2, 0.25) is 11.8 Å². The van der Waals surface area contributed by atoms with E-state index in [1.165, 1.54) is 24.3 Å². The number of fused-ring (bicyclic) bond motifs is 3. The molecule has 2 fully saturated rings. The first-order chi connectivity index (χ1) is 26.3. The number of nitro benzene ring substituents is 1. The molecule has 2 amide bonds. The first kappa shape index (κ1) is 38.4. The van der Waals surface area contributed by atoms with E-state index in [9.17, 15) is 24.8 Å². The third-order valence-corrected chi connectivity index (χ3v) is 16.7. The predicted molar refractivity (Wildman–Crippen MR) is 217 cm³/mol. The quantitative estimate of drug-likeness (QED) is 0.0536. The maximum Gasteiger partial charge on any atom is 0.271 e. The number of allylic oxidation sites excluding steroid dienone is 1. The highest BCUT2D eigenvalue weighted by atomic mass is 35.5. The van der Waals surface area contributed by atoms with Gasteiger partial charge in [-0.1, -0.05) is 111 Å². The number of ether oxygens (including phenoxy) is 1. The molecule has 2 aliphatic heterocycles. The first-order valence-corrected chi connectivity index (χ1v) is 20.9. The summed E-state index contributed by atoms with van der Waals surface area (Å²) >= 11 is 6.42. The van der Waals surface area contributed by atoms with Crippen LogP contribution in [0.25, 0.3) is 6.08 Å². The van der Waals surface area contributed by atoms with E-state index < -0.39 is 25.1 Å². The Balaban J connectivity index is 1.27. The van der Waals surface area contributed by atoms with Crippen LogP contribution in [-0.2, 0) is 18.8 Å². The van der Waals surface area contributed by atoms with Crippen molar-refractivity contribution in [2.24, 2.45) is 17.8 Å². The molecule has 7 rings (SSSR count). The number of aromatic hydroxyl groups is 1. The van der Waals surface area contributed by atoms with Crippen LogP contribution in [0.3, 0.4) is 0 Å². The summed E-state index contributed by atoms with van der Waals surface area (Å²) in [4.78, 5) is 40.9. The average Bonchev–Trinajstić information content (AvgIpc) is 3.70. The summed E-state index contributed by atoms with van der Waals surface area (Å²) in [6.45, 7) is 9.25. The minimum Gasteiger partial charge on any atom is -0.508 e. The average molecular weight is 777 g/mol. The van der Waals surface area contributed by atoms with Gasteiger partial charge >= 0.3 is 0 Å². The summed E-state index contributed by atoms with van der Waals surface area (Å²) in [5, 5.41) is 23.9. The topological polar surface area (TPSA) is 119 Å². The molecule has 0 aromatic heterocycles. The molecule has 11 heteroatoms. The van der Waals surface area contributed by atoms with E-state index >= 15 is 0 Å². The number of hydrogen-bond acceptors (Lipinski definition) is 7. The van der Waals surface area contributed by atoms with Crippen LogP contribution in [0.2, 0.25) is 10.1 Å². The van der Waals surface area contributed by atoms with Crippen molar-refractivity contribution in [1.29, 1.82) is 0 Å². The summed E-state index contributed by atoms with van der Waals surface area (Å²) < 4.78 is 14.0. The molecule has 4 aromatic carbocycles. The second-order valence-corrected chi connectivity index (χ2v) is 20.5. The first-order valence-electron chi connectivity index (χ1n) is 18.7. The zero-order valence-electron chi connectivity index (χ0n) is 31.4. The third-order valence-electron chi connectivity index (χ3n) is 11.4. The Hall–Kier alpha value is -4.87. The number of carbonyl (C=O) groups excluding carboxylic acids is 2. The minimum atomic E-state index is -2.98. The lowest BCUT2D eigenvalue weighted by Gasteiger charge is -2.44. The summed E-state index contributed by atoms with van der Waals surface area (Å²) in [6, 6.07) is 31.4. The van der Waals surface area contributed by atoms with Crippen molar-refractivity contribution in [3.8, 4) is 5.75 Å². The lowest BCUT2D eigenvalue weighted by Crippen LogP contribution is -2.66. The van der Waals surface area contributed by atoms with Crippen LogP contribution < -0.4 is 15.3 Å². The molecule has 1 aliphatic carbocycles. The molecule has 284 valence electrons. The number of non-ortho nitro benzene ring substituents is 1. The van der Waals surface area contributed by atoms with Crippen LogP contribution in [-0.4, -0.2) is 49.5 Å². The molecule has 1 N–H and O–H groups in total. The maximum absolute atomic E-state index is 14.3. The van der Waals surface area contributed by atoms with E-state index in [4.69, 9.17) is 20.8 Å². The molecule has 0 bridgehead atoms. The van der Waals surface area contributed by atoms with Crippen molar-refractivity contribution in [2.45, 2.75) is 58.1 Å². The number of hydrogen-bond donors (Lipinski definition) is 1. The standard InChI is InChI=1S/C44H45ClN2O7Si/c1-28(22-29-19-20-33(48)25-38(29)45)18-21-39-40-30(26-54-55(44(2,3)4,34-14-7-5-8-15-34)35-16-9-6-10-17-35)23-36-41(37(40)27-53-39)43(50)46(42(36)49)31-12-11-13-32(24-31)47(51)52/h5-17,19-20,22,24-25,36-37,39,41,48H,18,21,23,26-27H2,1-4H3/b28-22+/t36-,37+,39-,41-/m1/s1. The lowest BCUT2D eigenvalue weighted by atomic mass is 9.69. The molecular weight excluding hydrogens is 732 g/mol. The second-order valence-electron chi connectivity index (χ2n) is 15.8. The molecule has 55 heavy (non-hydrogen) atoms. The monoisotopic (exact) mass is 776 g/mol. The Labute approximate surface area is 327 Å². The van der Waals surface area contributed by atoms with E-state index in [2.05, 4.69) is 45.0 Å². The fraction of sp³-hybridized carbons (Fsp3) is 0.318. The van der Waals surface area contributed by atoms with Crippen molar-refractivity contribution in [1.82, 2.24) is 0 Å².